The van der Waals surface area contributed by atoms with Gasteiger partial charge in [0.1, 0.15) is 29.8 Å². The summed E-state index contributed by atoms with van der Waals surface area (Å²) in [6.07, 6.45) is 0.440. The van der Waals surface area contributed by atoms with E-state index in [0.29, 0.717) is 47.8 Å². The molecule has 0 spiro atoms. The Morgan fingerprint density at radius 1 is 1.17 bits per heavy atom. The Labute approximate surface area is 167 Å². The second-order valence-corrected chi connectivity index (χ2v) is 6.85. The van der Waals surface area contributed by atoms with Crippen molar-refractivity contribution in [1.29, 1.82) is 0 Å². The van der Waals surface area contributed by atoms with E-state index in [1.54, 1.807) is 24.3 Å². The third kappa shape index (κ3) is 4.25. The molecular formula is C20H26N4O5. The first-order valence-corrected chi connectivity index (χ1v) is 9.75. The third-order valence-electron chi connectivity index (χ3n) is 4.52. The van der Waals surface area contributed by atoms with E-state index in [4.69, 9.17) is 9.84 Å². The Morgan fingerprint density at radius 2 is 1.90 bits per heavy atom. The molecule has 0 aliphatic rings. The first-order valence-electron chi connectivity index (χ1n) is 9.75. The highest BCUT2D eigenvalue weighted by Gasteiger charge is 2.17. The molecular weight excluding hydrogens is 376 g/mol. The highest BCUT2D eigenvalue weighted by molar-refractivity contribution is 5.75. The lowest BCUT2D eigenvalue weighted by Gasteiger charge is -2.10. The van der Waals surface area contributed by atoms with Crippen molar-refractivity contribution in [2.24, 2.45) is 0 Å². The third-order valence-corrected chi connectivity index (χ3v) is 4.52. The maximum absolute atomic E-state index is 12.8. The van der Waals surface area contributed by atoms with Gasteiger partial charge in [0.05, 0.1) is 6.61 Å². The number of hydrogen-bond acceptors (Lipinski definition) is 6. The van der Waals surface area contributed by atoms with Crippen LogP contribution in [0.3, 0.4) is 0 Å². The fraction of sp³-hybridized carbons (Fsp3) is 0.450. The molecule has 0 amide bonds. The van der Waals surface area contributed by atoms with Gasteiger partial charge in [-0.3, -0.25) is 13.9 Å². The van der Waals surface area contributed by atoms with Gasteiger partial charge < -0.3 is 19.9 Å². The molecule has 9 nitrogen and oxygen atoms in total. The lowest BCUT2D eigenvalue weighted by atomic mass is 10.2. The molecule has 0 fully saturated rings. The number of aliphatic hydroxyl groups is 2. The molecule has 0 saturated heterocycles. The van der Waals surface area contributed by atoms with E-state index in [9.17, 15) is 14.7 Å². The normalized spacial score (nSPS) is 12.4. The Kier molecular flexibility index (Phi) is 6.50. The van der Waals surface area contributed by atoms with E-state index in [1.807, 2.05) is 13.8 Å². The van der Waals surface area contributed by atoms with Crippen LogP contribution in [-0.2, 0) is 13.1 Å². The lowest BCUT2D eigenvalue weighted by Crippen LogP contribution is -2.40. The zero-order valence-corrected chi connectivity index (χ0v) is 16.6. The Hall–Kier alpha value is -2.91. The number of ether oxygens (including phenoxy) is 1. The Bertz CT molecular complexity index is 1100. The monoisotopic (exact) mass is 402 g/mol. The number of aryl methyl sites for hydroxylation is 1. The van der Waals surface area contributed by atoms with Crippen LogP contribution < -0.4 is 16.0 Å². The van der Waals surface area contributed by atoms with Crippen LogP contribution in [0.5, 0.6) is 5.75 Å². The fourth-order valence-electron chi connectivity index (χ4n) is 3.13. The number of H-pyrrole nitrogens is 1. The number of imidazole rings is 1. The smallest absolute Gasteiger partial charge is 0.332 e. The predicted molar refractivity (Wildman–Crippen MR) is 109 cm³/mol. The van der Waals surface area contributed by atoms with Crippen LogP contribution in [0.1, 0.15) is 26.7 Å². The molecule has 0 saturated carbocycles. The largest absolute Gasteiger partial charge is 0.491 e. The van der Waals surface area contributed by atoms with Crippen molar-refractivity contribution < 1.29 is 14.9 Å². The van der Waals surface area contributed by atoms with Crippen molar-refractivity contribution >= 4 is 11.2 Å². The maximum Gasteiger partial charge on any atom is 0.332 e. The van der Waals surface area contributed by atoms with E-state index >= 15 is 0 Å². The van der Waals surface area contributed by atoms with E-state index < -0.39 is 6.10 Å². The molecule has 1 aromatic carbocycles. The molecule has 1 unspecified atom stereocenters. The van der Waals surface area contributed by atoms with Crippen molar-refractivity contribution in [1.82, 2.24) is 19.1 Å². The predicted octanol–water partition coefficient (Wildman–Crippen LogP) is 1.11. The summed E-state index contributed by atoms with van der Waals surface area (Å²) < 4.78 is 8.26. The summed E-state index contributed by atoms with van der Waals surface area (Å²) in [6.45, 7) is 4.26. The van der Waals surface area contributed by atoms with Gasteiger partial charge in [-0.05, 0) is 25.0 Å². The molecule has 1 atom stereocenters. The Morgan fingerprint density at radius 3 is 2.59 bits per heavy atom. The zero-order chi connectivity index (χ0) is 21.0. The van der Waals surface area contributed by atoms with Crippen molar-refractivity contribution in [3.8, 4) is 17.1 Å². The van der Waals surface area contributed by atoms with Crippen LogP contribution >= 0.6 is 0 Å². The van der Waals surface area contributed by atoms with Gasteiger partial charge in [0, 0.05) is 18.7 Å². The highest BCUT2D eigenvalue weighted by atomic mass is 16.5. The van der Waals surface area contributed by atoms with Crippen molar-refractivity contribution in [2.75, 3.05) is 13.2 Å². The number of nitrogens with one attached hydrogen (secondary N) is 1. The molecule has 9 heteroatoms. The Balaban J connectivity index is 2.08. The van der Waals surface area contributed by atoms with E-state index in [-0.39, 0.29) is 24.5 Å². The summed E-state index contributed by atoms with van der Waals surface area (Å²) >= 11 is 0. The quantitative estimate of drug-likeness (QED) is 0.493. The van der Waals surface area contributed by atoms with Gasteiger partial charge in [-0.1, -0.05) is 26.0 Å². The molecule has 2 heterocycles. The summed E-state index contributed by atoms with van der Waals surface area (Å²) in [5.74, 6) is 0.938. The number of nitrogens with zero attached hydrogens (tertiary/aromatic N) is 3. The van der Waals surface area contributed by atoms with E-state index in [2.05, 4.69) is 9.97 Å². The second-order valence-electron chi connectivity index (χ2n) is 6.85. The van der Waals surface area contributed by atoms with Gasteiger partial charge in [0.15, 0.2) is 5.65 Å². The molecule has 0 radical (unpaired) electrons. The minimum absolute atomic E-state index is 0.0438. The fourth-order valence-corrected chi connectivity index (χ4v) is 3.13. The average Bonchev–Trinajstić information content (AvgIpc) is 3.18. The summed E-state index contributed by atoms with van der Waals surface area (Å²) in [5, 5.41) is 18.3. The standard InChI is InChI=1S/C20H26N4O5/c1-3-8-23-18-16(19(27)24(9-4-2)20(23)28)21-17(22-18)13-6-5-7-15(10-13)29-12-14(26)11-25/h5-7,10,14,25-26H,3-4,8-9,11-12H2,1-2H3,(H,21,22). The van der Waals surface area contributed by atoms with Gasteiger partial charge in [-0.15, -0.1) is 0 Å². The number of benzene rings is 1. The molecule has 2 aromatic heterocycles. The molecule has 156 valence electrons. The van der Waals surface area contributed by atoms with Gasteiger partial charge >= 0.3 is 5.69 Å². The van der Waals surface area contributed by atoms with Gasteiger partial charge in [-0.25, -0.2) is 9.78 Å². The summed E-state index contributed by atoms with van der Waals surface area (Å²) in [4.78, 5) is 33.2. The molecule has 0 aliphatic carbocycles. The number of fused-ring (bicyclic) bond motifs is 1. The lowest BCUT2D eigenvalue weighted by molar-refractivity contribution is 0.0536. The van der Waals surface area contributed by atoms with Gasteiger partial charge in [0.2, 0.25) is 0 Å². The van der Waals surface area contributed by atoms with Crippen LogP contribution in [0.15, 0.2) is 33.9 Å². The second kappa shape index (κ2) is 9.06. The van der Waals surface area contributed by atoms with E-state index in [0.717, 1.165) is 6.42 Å². The minimum Gasteiger partial charge on any atom is -0.491 e. The molecule has 3 rings (SSSR count). The topological polar surface area (TPSA) is 122 Å². The first kappa shape index (κ1) is 20.8. The number of hydrogen-bond donors (Lipinski definition) is 3. The molecule has 3 aromatic rings. The van der Waals surface area contributed by atoms with Crippen LogP contribution in [0.2, 0.25) is 0 Å². The maximum atomic E-state index is 12.8. The van der Waals surface area contributed by atoms with Crippen LogP contribution in [0.4, 0.5) is 0 Å². The zero-order valence-electron chi connectivity index (χ0n) is 16.6. The van der Waals surface area contributed by atoms with Crippen molar-refractivity contribution in [3.05, 3.63) is 45.1 Å². The van der Waals surface area contributed by atoms with Crippen LogP contribution in [0, 0.1) is 0 Å². The summed E-state index contributed by atoms with van der Waals surface area (Å²) in [7, 11) is 0. The summed E-state index contributed by atoms with van der Waals surface area (Å²) in [6, 6.07) is 7.00. The van der Waals surface area contributed by atoms with E-state index in [1.165, 1.54) is 9.13 Å². The SMILES string of the molecule is CCCn1c(=O)c2[nH]c(-c3cccc(OCC(O)CO)c3)nc2n(CCC)c1=O. The minimum atomic E-state index is -0.967. The molecule has 0 bridgehead atoms. The number of rotatable bonds is 9. The van der Waals surface area contributed by atoms with Crippen molar-refractivity contribution in [2.45, 2.75) is 45.9 Å². The number of aromatic nitrogens is 4. The van der Waals surface area contributed by atoms with Gasteiger partial charge in [0.25, 0.3) is 5.56 Å². The van der Waals surface area contributed by atoms with Crippen molar-refractivity contribution in [3.63, 3.8) is 0 Å². The molecule has 3 N–H and O–H groups in total. The van der Waals surface area contributed by atoms with Crippen LogP contribution in [0.25, 0.3) is 22.6 Å². The number of aromatic amines is 1. The van der Waals surface area contributed by atoms with Crippen LogP contribution in [-0.4, -0.2) is 48.6 Å². The summed E-state index contributed by atoms with van der Waals surface area (Å²) in [5.41, 5.74) is 0.583. The number of aliphatic hydroxyl groups excluding tert-OH is 2. The molecule has 0 aliphatic heterocycles. The first-order chi connectivity index (χ1) is 14.0. The average molecular weight is 402 g/mol. The molecule has 29 heavy (non-hydrogen) atoms. The van der Waals surface area contributed by atoms with Gasteiger partial charge in [-0.2, -0.15) is 0 Å². The highest BCUT2D eigenvalue weighted by Crippen LogP contribution is 2.23.